The molecule has 3 rings (SSSR count). The summed E-state index contributed by atoms with van der Waals surface area (Å²) in [7, 11) is 0. The highest BCUT2D eigenvalue weighted by atomic mass is 19.3. The molecule has 0 radical (unpaired) electrons. The highest BCUT2D eigenvalue weighted by molar-refractivity contribution is 4.97. The molecule has 0 aromatic heterocycles. The summed E-state index contributed by atoms with van der Waals surface area (Å²) >= 11 is 0. The fourth-order valence-corrected chi connectivity index (χ4v) is 4.48. The van der Waals surface area contributed by atoms with Gasteiger partial charge in [-0.3, -0.25) is 0 Å². The average molecular weight is 316 g/mol. The summed E-state index contributed by atoms with van der Waals surface area (Å²) in [4.78, 5) is 0. The minimum Gasteiger partial charge on any atom is -0.314 e. The molecule has 3 aliphatic heterocycles. The van der Waals surface area contributed by atoms with Gasteiger partial charge in [-0.05, 0) is 50.6 Å². The Hall–Kier alpha value is -0.300. The number of rotatable bonds is 1. The van der Waals surface area contributed by atoms with Crippen molar-refractivity contribution in [1.82, 2.24) is 21.1 Å². The van der Waals surface area contributed by atoms with Crippen LogP contribution in [0.15, 0.2) is 0 Å². The first-order chi connectivity index (χ1) is 10.6. The van der Waals surface area contributed by atoms with Gasteiger partial charge in [-0.15, -0.1) is 0 Å². The number of halogens is 2. The van der Waals surface area contributed by atoms with Crippen LogP contribution in [-0.2, 0) is 0 Å². The third kappa shape index (κ3) is 3.78. The largest absolute Gasteiger partial charge is 0.314 e. The van der Waals surface area contributed by atoms with Gasteiger partial charge in [0, 0.05) is 24.7 Å². The maximum atomic E-state index is 13.4. The second-order valence-electron chi connectivity index (χ2n) is 7.38. The summed E-state index contributed by atoms with van der Waals surface area (Å²) in [6.45, 7) is 2.37. The van der Waals surface area contributed by atoms with E-state index in [9.17, 15) is 8.78 Å². The number of alkyl halides is 2. The minimum absolute atomic E-state index is 0.0868. The molecule has 3 N–H and O–H groups in total. The van der Waals surface area contributed by atoms with E-state index in [2.05, 4.69) is 23.0 Å². The summed E-state index contributed by atoms with van der Waals surface area (Å²) in [5.41, 5.74) is 2.94. The van der Waals surface area contributed by atoms with Gasteiger partial charge in [0.05, 0.1) is 0 Å². The summed E-state index contributed by atoms with van der Waals surface area (Å²) in [5.74, 6) is 0.968. The molecule has 0 aromatic carbocycles. The Morgan fingerprint density at radius 1 is 1.05 bits per heavy atom. The maximum absolute atomic E-state index is 13.4. The van der Waals surface area contributed by atoms with Gasteiger partial charge in [0.1, 0.15) is 0 Å². The van der Waals surface area contributed by atoms with Crippen molar-refractivity contribution in [2.75, 3.05) is 19.6 Å². The number of fused-ring (bicyclic) bond motifs is 4. The van der Waals surface area contributed by atoms with Crippen molar-refractivity contribution in [2.45, 2.75) is 70.1 Å². The van der Waals surface area contributed by atoms with Crippen LogP contribution < -0.4 is 16.1 Å². The molecule has 0 saturated carbocycles. The zero-order valence-electron chi connectivity index (χ0n) is 13.5. The topological polar surface area (TPSA) is 39.3 Å². The van der Waals surface area contributed by atoms with E-state index in [4.69, 9.17) is 0 Å². The second kappa shape index (κ2) is 7.51. The van der Waals surface area contributed by atoms with Crippen LogP contribution in [0, 0.1) is 11.8 Å². The quantitative estimate of drug-likeness (QED) is 0.647. The van der Waals surface area contributed by atoms with E-state index in [0.29, 0.717) is 24.4 Å². The average Bonchev–Trinajstić information content (AvgIpc) is 2.93. The summed E-state index contributed by atoms with van der Waals surface area (Å²) in [5, 5.41) is 8.39. The Labute approximate surface area is 132 Å². The van der Waals surface area contributed by atoms with E-state index in [-0.39, 0.29) is 12.1 Å². The van der Waals surface area contributed by atoms with E-state index in [1.54, 1.807) is 0 Å². The zero-order chi connectivity index (χ0) is 15.5. The van der Waals surface area contributed by atoms with Gasteiger partial charge in [0.25, 0.3) is 0 Å². The molecular formula is C16H30F2N4. The number of hydrazine groups is 1. The molecule has 2 bridgehead atoms. The van der Waals surface area contributed by atoms with Crippen LogP contribution in [0.5, 0.6) is 0 Å². The molecule has 3 fully saturated rings. The van der Waals surface area contributed by atoms with E-state index in [1.165, 1.54) is 30.7 Å². The molecule has 3 heterocycles. The Morgan fingerprint density at radius 3 is 2.68 bits per heavy atom. The number of piperidine rings is 1. The third-order valence-corrected chi connectivity index (χ3v) is 5.68. The van der Waals surface area contributed by atoms with Gasteiger partial charge in [0.15, 0.2) is 0 Å². The van der Waals surface area contributed by atoms with E-state index < -0.39 is 6.55 Å². The van der Waals surface area contributed by atoms with Crippen molar-refractivity contribution in [3.8, 4) is 0 Å². The molecule has 3 saturated heterocycles. The fourth-order valence-electron chi connectivity index (χ4n) is 4.48. The van der Waals surface area contributed by atoms with Crippen molar-refractivity contribution in [1.29, 1.82) is 0 Å². The first-order valence-corrected chi connectivity index (χ1v) is 8.92. The summed E-state index contributed by atoms with van der Waals surface area (Å²) < 4.78 is 26.8. The molecule has 3 aliphatic rings. The number of hydrogen-bond donors (Lipinski definition) is 3. The molecule has 4 nitrogen and oxygen atoms in total. The Kier molecular flexibility index (Phi) is 5.65. The third-order valence-electron chi connectivity index (χ3n) is 5.68. The normalized spacial score (nSPS) is 41.7. The molecule has 5 unspecified atom stereocenters. The molecule has 128 valence electrons. The fraction of sp³-hybridized carbons (Fsp3) is 1.00. The van der Waals surface area contributed by atoms with Gasteiger partial charge < -0.3 is 10.6 Å². The lowest BCUT2D eigenvalue weighted by atomic mass is 9.81. The smallest absolute Gasteiger partial charge is 0.307 e. The molecule has 22 heavy (non-hydrogen) atoms. The molecule has 0 aromatic rings. The van der Waals surface area contributed by atoms with Gasteiger partial charge in [0.2, 0.25) is 0 Å². The predicted molar refractivity (Wildman–Crippen MR) is 83.6 cm³/mol. The standard InChI is InChI=1S/C16H30F2N4/c1-11-4-2-3-5-13-8-12(6-7-19-13)15-14(20-9-11)10-21-22(15)16(17)18/h11-16,19-21H,2-10H2,1H3. The lowest BCUT2D eigenvalue weighted by Crippen LogP contribution is -2.54. The first kappa shape index (κ1) is 16.6. The van der Waals surface area contributed by atoms with Crippen LogP contribution in [0.3, 0.4) is 0 Å². The van der Waals surface area contributed by atoms with Crippen LogP contribution >= 0.6 is 0 Å². The highest BCUT2D eigenvalue weighted by Gasteiger charge is 2.44. The van der Waals surface area contributed by atoms with E-state index in [1.807, 2.05) is 0 Å². The van der Waals surface area contributed by atoms with Crippen molar-refractivity contribution < 1.29 is 8.78 Å². The Balaban J connectivity index is 1.75. The van der Waals surface area contributed by atoms with E-state index >= 15 is 0 Å². The molecule has 0 aliphatic carbocycles. The van der Waals surface area contributed by atoms with Gasteiger partial charge >= 0.3 is 6.55 Å². The van der Waals surface area contributed by atoms with Crippen LogP contribution in [0.1, 0.15) is 45.4 Å². The monoisotopic (exact) mass is 316 g/mol. The number of nitrogens with zero attached hydrogens (tertiary/aromatic N) is 1. The second-order valence-corrected chi connectivity index (χ2v) is 7.38. The highest BCUT2D eigenvalue weighted by Crippen LogP contribution is 2.31. The number of hydrogen-bond acceptors (Lipinski definition) is 4. The van der Waals surface area contributed by atoms with Crippen LogP contribution in [0.4, 0.5) is 8.78 Å². The Bertz CT molecular complexity index is 355. The summed E-state index contributed by atoms with van der Waals surface area (Å²) in [6, 6.07) is 0.560. The van der Waals surface area contributed by atoms with Crippen molar-refractivity contribution in [2.24, 2.45) is 11.8 Å². The van der Waals surface area contributed by atoms with Crippen LogP contribution in [0.2, 0.25) is 0 Å². The summed E-state index contributed by atoms with van der Waals surface area (Å²) in [6.07, 6.45) is 6.98. The SMILES string of the molecule is CC1CCCCC2CC(CCN2)C2C(CNN2C(F)F)NC1. The number of nitrogens with one attached hydrogen (secondary N) is 3. The minimum atomic E-state index is -2.42. The zero-order valence-corrected chi connectivity index (χ0v) is 13.5. The Morgan fingerprint density at radius 2 is 1.86 bits per heavy atom. The molecule has 0 amide bonds. The lowest BCUT2D eigenvalue weighted by molar-refractivity contribution is -0.0834. The van der Waals surface area contributed by atoms with Crippen LogP contribution in [-0.4, -0.2) is 49.3 Å². The van der Waals surface area contributed by atoms with Gasteiger partial charge in [-0.25, -0.2) is 5.43 Å². The molecule has 6 heteroatoms. The molecule has 5 atom stereocenters. The van der Waals surface area contributed by atoms with Crippen LogP contribution in [0.25, 0.3) is 0 Å². The first-order valence-electron chi connectivity index (χ1n) is 8.92. The molecule has 0 spiro atoms. The van der Waals surface area contributed by atoms with Crippen molar-refractivity contribution in [3.63, 3.8) is 0 Å². The van der Waals surface area contributed by atoms with Crippen molar-refractivity contribution >= 4 is 0 Å². The maximum Gasteiger partial charge on any atom is 0.307 e. The van der Waals surface area contributed by atoms with Gasteiger partial charge in [-0.1, -0.05) is 19.8 Å². The lowest BCUT2D eigenvalue weighted by Gasteiger charge is -2.39. The van der Waals surface area contributed by atoms with Crippen molar-refractivity contribution in [3.05, 3.63) is 0 Å². The molecular weight excluding hydrogens is 286 g/mol. The van der Waals surface area contributed by atoms with E-state index in [0.717, 1.165) is 25.9 Å². The predicted octanol–water partition coefficient (Wildman–Crippen LogP) is 1.93. The van der Waals surface area contributed by atoms with Gasteiger partial charge in [-0.2, -0.15) is 13.8 Å².